The van der Waals surface area contributed by atoms with Crippen LogP contribution in [0.3, 0.4) is 0 Å². The Morgan fingerprint density at radius 1 is 1.05 bits per heavy atom. The van der Waals surface area contributed by atoms with Crippen LogP contribution in [-0.4, -0.2) is 31.1 Å². The monoisotopic (exact) mass is 515 g/mol. The minimum atomic E-state index is -4.43. The summed E-state index contributed by atoms with van der Waals surface area (Å²) in [5, 5.41) is 4.64. The van der Waals surface area contributed by atoms with E-state index in [1.807, 2.05) is 49.5 Å². The van der Waals surface area contributed by atoms with Gasteiger partial charge in [-0.05, 0) is 53.1 Å². The Bertz CT molecular complexity index is 1540. The smallest absolute Gasteiger partial charge is 0.416 e. The molecular weight excluding hydrogens is 491 g/mol. The first kappa shape index (κ1) is 25.1. The lowest BCUT2D eigenvalue weighted by Crippen LogP contribution is -2.28. The summed E-state index contributed by atoms with van der Waals surface area (Å²) in [4.78, 5) is 18.9. The molecule has 0 atom stereocenters. The minimum Gasteiger partial charge on any atom is -0.490 e. The molecule has 2 heterocycles. The Morgan fingerprint density at radius 2 is 1.84 bits per heavy atom. The molecule has 3 aromatic carbocycles. The molecule has 38 heavy (non-hydrogen) atoms. The van der Waals surface area contributed by atoms with E-state index in [4.69, 9.17) is 4.74 Å². The molecule has 5 rings (SSSR count). The molecule has 0 saturated carbocycles. The fourth-order valence-corrected chi connectivity index (χ4v) is 4.36. The molecule has 1 amide bonds. The number of fused-ring (bicyclic) bond motifs is 2. The molecule has 1 aliphatic heterocycles. The van der Waals surface area contributed by atoms with E-state index in [0.717, 1.165) is 40.7 Å². The number of rotatable bonds is 5. The van der Waals surface area contributed by atoms with Crippen molar-refractivity contribution in [3.05, 3.63) is 114 Å². The molecule has 5 nitrogen and oxygen atoms in total. The molecule has 0 unspecified atom stereocenters. The zero-order valence-corrected chi connectivity index (χ0v) is 20.5. The van der Waals surface area contributed by atoms with Crippen molar-refractivity contribution in [1.29, 1.82) is 0 Å². The summed E-state index contributed by atoms with van der Waals surface area (Å²) in [6.07, 6.45) is 3.63. The van der Waals surface area contributed by atoms with E-state index in [9.17, 15) is 18.0 Å². The summed E-state index contributed by atoms with van der Waals surface area (Å²) in [6.45, 7) is 1.30. The SMILES string of the molecule is CN1CCOc2cc(/C(=C\C=C\C(=O)Nc3cccc4cnccc34)c3ccc(C(F)(F)F)cc3)ccc21. The normalized spacial score (nSPS) is 13.9. The number of likely N-dealkylation sites (N-methyl/N-ethyl adjacent to an activating group) is 1. The van der Waals surface area contributed by atoms with Gasteiger partial charge in [0.25, 0.3) is 0 Å². The van der Waals surface area contributed by atoms with Crippen molar-refractivity contribution in [3.8, 4) is 5.75 Å². The molecule has 0 saturated heterocycles. The molecule has 1 aliphatic rings. The molecule has 0 spiro atoms. The number of benzene rings is 3. The topological polar surface area (TPSA) is 54.5 Å². The van der Waals surface area contributed by atoms with Crippen LogP contribution >= 0.6 is 0 Å². The van der Waals surface area contributed by atoms with E-state index in [2.05, 4.69) is 15.2 Å². The largest absolute Gasteiger partial charge is 0.490 e. The van der Waals surface area contributed by atoms with Crippen molar-refractivity contribution >= 4 is 33.6 Å². The molecule has 8 heteroatoms. The van der Waals surface area contributed by atoms with E-state index >= 15 is 0 Å². The lowest BCUT2D eigenvalue weighted by atomic mass is 9.95. The molecule has 0 fully saturated rings. The molecule has 0 aliphatic carbocycles. The summed E-state index contributed by atoms with van der Waals surface area (Å²) in [5.41, 5.74) is 2.85. The van der Waals surface area contributed by atoms with Crippen LogP contribution in [0.5, 0.6) is 5.75 Å². The third-order valence-electron chi connectivity index (χ3n) is 6.34. The Kier molecular flexibility index (Phi) is 6.87. The first-order valence-corrected chi connectivity index (χ1v) is 12.0. The van der Waals surface area contributed by atoms with Crippen LogP contribution in [0, 0.1) is 0 Å². The van der Waals surface area contributed by atoms with Crippen LogP contribution in [0.25, 0.3) is 16.3 Å². The van der Waals surface area contributed by atoms with Crippen LogP contribution < -0.4 is 15.0 Å². The van der Waals surface area contributed by atoms with Crippen LogP contribution in [0.1, 0.15) is 16.7 Å². The second kappa shape index (κ2) is 10.4. The number of carbonyl (C=O) groups is 1. The number of ether oxygens (including phenoxy) is 1. The number of halogens is 3. The van der Waals surface area contributed by atoms with E-state index < -0.39 is 11.7 Å². The molecule has 4 aromatic rings. The zero-order chi connectivity index (χ0) is 26.7. The number of carbonyl (C=O) groups excluding carboxylic acids is 1. The summed E-state index contributed by atoms with van der Waals surface area (Å²) in [5.74, 6) is 0.356. The standard InChI is InChI=1S/C30H24F3N3O2/c1-36-16-17-38-28-18-21(10-13-27(28)36)24(20-8-11-23(12-9-20)30(31,32)33)5-3-7-29(37)35-26-6-2-4-22-19-34-15-14-25(22)26/h2-15,18-19H,16-17H2,1H3,(H,35,37)/b7-3+,24-5-. The van der Waals surface area contributed by atoms with Crippen molar-refractivity contribution in [2.45, 2.75) is 6.18 Å². The number of amides is 1. The van der Waals surface area contributed by atoms with Crippen LogP contribution in [0.15, 0.2) is 97.4 Å². The molecule has 1 N–H and O–H groups in total. The number of hydrogen-bond donors (Lipinski definition) is 1. The maximum Gasteiger partial charge on any atom is 0.416 e. The summed E-state index contributed by atoms with van der Waals surface area (Å²) in [6, 6.07) is 18.0. The average molecular weight is 516 g/mol. The predicted octanol–water partition coefficient (Wildman–Crippen LogP) is 6.71. The number of aromatic nitrogens is 1. The number of alkyl halides is 3. The number of nitrogens with zero attached hydrogens (tertiary/aromatic N) is 2. The quantitative estimate of drug-likeness (QED) is 0.237. The van der Waals surface area contributed by atoms with Crippen molar-refractivity contribution in [2.24, 2.45) is 0 Å². The third-order valence-corrected chi connectivity index (χ3v) is 6.34. The average Bonchev–Trinajstić information content (AvgIpc) is 2.91. The maximum absolute atomic E-state index is 13.1. The Balaban J connectivity index is 1.46. The number of hydrogen-bond acceptors (Lipinski definition) is 4. The highest BCUT2D eigenvalue weighted by Gasteiger charge is 2.30. The fraction of sp³-hybridized carbons (Fsp3) is 0.133. The summed E-state index contributed by atoms with van der Waals surface area (Å²) < 4.78 is 45.3. The maximum atomic E-state index is 13.1. The highest BCUT2D eigenvalue weighted by atomic mass is 19.4. The van der Waals surface area contributed by atoms with Gasteiger partial charge in [0.05, 0.1) is 17.8 Å². The molecular formula is C30H24F3N3O2. The third kappa shape index (κ3) is 5.39. The van der Waals surface area contributed by atoms with Gasteiger partial charge in [0.2, 0.25) is 5.91 Å². The molecule has 192 valence electrons. The van der Waals surface area contributed by atoms with E-state index in [0.29, 0.717) is 29.2 Å². The van der Waals surface area contributed by atoms with Gasteiger partial charge in [-0.3, -0.25) is 9.78 Å². The second-order valence-corrected chi connectivity index (χ2v) is 8.86. The van der Waals surface area contributed by atoms with Crippen LogP contribution in [0.4, 0.5) is 24.5 Å². The van der Waals surface area contributed by atoms with Crippen molar-refractivity contribution in [2.75, 3.05) is 30.4 Å². The van der Waals surface area contributed by atoms with E-state index in [1.165, 1.54) is 18.2 Å². The van der Waals surface area contributed by atoms with Crippen molar-refractivity contribution in [3.63, 3.8) is 0 Å². The van der Waals surface area contributed by atoms with Crippen LogP contribution in [0.2, 0.25) is 0 Å². The van der Waals surface area contributed by atoms with Crippen molar-refractivity contribution < 1.29 is 22.7 Å². The Hall–Kier alpha value is -4.59. The van der Waals surface area contributed by atoms with Gasteiger partial charge in [0.15, 0.2) is 0 Å². The predicted molar refractivity (Wildman–Crippen MR) is 143 cm³/mol. The fourth-order valence-electron chi connectivity index (χ4n) is 4.36. The molecule has 0 radical (unpaired) electrons. The van der Waals surface area contributed by atoms with Gasteiger partial charge in [0, 0.05) is 42.0 Å². The number of anilines is 2. The number of allylic oxidation sites excluding steroid dienone is 2. The van der Waals surface area contributed by atoms with Crippen molar-refractivity contribution in [1.82, 2.24) is 4.98 Å². The van der Waals surface area contributed by atoms with Gasteiger partial charge in [0.1, 0.15) is 12.4 Å². The number of nitrogens with one attached hydrogen (secondary N) is 1. The van der Waals surface area contributed by atoms with E-state index in [-0.39, 0.29) is 5.91 Å². The summed E-state index contributed by atoms with van der Waals surface area (Å²) in [7, 11) is 1.97. The second-order valence-electron chi connectivity index (χ2n) is 8.86. The lowest BCUT2D eigenvalue weighted by Gasteiger charge is -2.28. The molecule has 0 bridgehead atoms. The Morgan fingerprint density at radius 3 is 2.63 bits per heavy atom. The Labute approximate surface area is 217 Å². The first-order valence-electron chi connectivity index (χ1n) is 12.0. The van der Waals surface area contributed by atoms with Gasteiger partial charge in [-0.15, -0.1) is 0 Å². The lowest BCUT2D eigenvalue weighted by molar-refractivity contribution is -0.137. The van der Waals surface area contributed by atoms with Gasteiger partial charge in [-0.1, -0.05) is 42.5 Å². The highest BCUT2D eigenvalue weighted by Crippen LogP contribution is 2.36. The first-order chi connectivity index (χ1) is 18.3. The van der Waals surface area contributed by atoms with Crippen LogP contribution in [-0.2, 0) is 11.0 Å². The summed E-state index contributed by atoms with van der Waals surface area (Å²) >= 11 is 0. The minimum absolute atomic E-state index is 0.340. The van der Waals surface area contributed by atoms with Gasteiger partial charge in [-0.2, -0.15) is 13.2 Å². The van der Waals surface area contributed by atoms with E-state index in [1.54, 1.807) is 24.5 Å². The molecule has 1 aromatic heterocycles. The van der Waals surface area contributed by atoms with Gasteiger partial charge >= 0.3 is 6.18 Å². The zero-order valence-electron chi connectivity index (χ0n) is 20.5. The van der Waals surface area contributed by atoms with Gasteiger partial charge < -0.3 is 15.0 Å². The highest BCUT2D eigenvalue weighted by molar-refractivity contribution is 6.06. The number of pyridine rings is 1. The van der Waals surface area contributed by atoms with Gasteiger partial charge in [-0.25, -0.2) is 0 Å².